The van der Waals surface area contributed by atoms with Gasteiger partial charge in [-0.05, 0) is 48.9 Å². The van der Waals surface area contributed by atoms with Gasteiger partial charge in [-0.3, -0.25) is 14.4 Å². The first-order chi connectivity index (χ1) is 17.0. The van der Waals surface area contributed by atoms with E-state index < -0.39 is 29.9 Å². The zero-order chi connectivity index (χ0) is 24.5. The Labute approximate surface area is 203 Å². The van der Waals surface area contributed by atoms with Crippen molar-refractivity contribution >= 4 is 23.2 Å². The second-order valence-corrected chi connectivity index (χ2v) is 8.41. The topological polar surface area (TPSA) is 88.5 Å². The van der Waals surface area contributed by atoms with Crippen LogP contribution in [0.4, 0.5) is 11.4 Å². The molecule has 0 radical (unpaired) electrons. The van der Waals surface area contributed by atoms with Gasteiger partial charge in [0.15, 0.2) is 17.6 Å². The highest BCUT2D eigenvalue weighted by molar-refractivity contribution is 6.24. The van der Waals surface area contributed by atoms with Crippen LogP contribution >= 0.6 is 0 Å². The van der Waals surface area contributed by atoms with Crippen LogP contribution in [0.25, 0.3) is 0 Å². The van der Waals surface area contributed by atoms with Gasteiger partial charge in [0.25, 0.3) is 5.91 Å². The second kappa shape index (κ2) is 9.31. The number of nitrogens with zero attached hydrogens (tertiary/aromatic N) is 2. The van der Waals surface area contributed by atoms with E-state index in [9.17, 15) is 14.7 Å². The number of phenols is 1. The molecular weight excluding hydrogens is 448 g/mol. The lowest BCUT2D eigenvalue weighted by Gasteiger charge is -2.29. The quantitative estimate of drug-likeness (QED) is 0.513. The Kier molecular flexibility index (Phi) is 6.05. The van der Waals surface area contributed by atoms with Crippen molar-refractivity contribution in [1.29, 1.82) is 0 Å². The van der Waals surface area contributed by atoms with Gasteiger partial charge >= 0.3 is 0 Å². The number of carbonyl (C=O) groups is 2. The Morgan fingerprint density at radius 1 is 0.914 bits per heavy atom. The Balaban J connectivity index is 1.54. The highest BCUT2D eigenvalue weighted by Gasteiger charge is 2.60. The number of para-hydroxylation sites is 2. The van der Waals surface area contributed by atoms with Crippen LogP contribution in [-0.2, 0) is 14.4 Å². The average molecular weight is 475 g/mol. The van der Waals surface area contributed by atoms with Crippen LogP contribution in [0.5, 0.6) is 17.2 Å². The van der Waals surface area contributed by atoms with Gasteiger partial charge in [0.05, 0.1) is 25.1 Å². The lowest BCUT2D eigenvalue weighted by Crippen LogP contribution is -2.37. The van der Waals surface area contributed by atoms with E-state index in [0.717, 1.165) is 11.3 Å². The fourth-order valence-corrected chi connectivity index (χ4v) is 4.64. The first-order valence-corrected chi connectivity index (χ1v) is 11.5. The zero-order valence-electron chi connectivity index (χ0n) is 19.5. The summed E-state index contributed by atoms with van der Waals surface area (Å²) in [5.41, 5.74) is 1.55. The number of fused-ring (bicyclic) bond motifs is 1. The number of benzene rings is 3. The number of hydroxylamine groups is 1. The van der Waals surface area contributed by atoms with Crippen molar-refractivity contribution in [3.05, 3.63) is 78.4 Å². The molecule has 35 heavy (non-hydrogen) atoms. The number of hydrogen-bond acceptors (Lipinski definition) is 7. The van der Waals surface area contributed by atoms with Crippen LogP contribution in [0.1, 0.15) is 24.9 Å². The standard InChI is InChI=1S/C27H26N2O6/c1-3-16-34-19-14-12-17(13-15-19)28-26(31)22-23(20-10-7-11-21(33-2)24(20)30)29(35-25(22)27(28)32)18-8-5-4-6-9-18/h4-15,22-23,25,30H,3,16H2,1-2H3/t22-,23-,25-/m0/s1. The van der Waals surface area contributed by atoms with Gasteiger partial charge in [0, 0.05) is 5.56 Å². The van der Waals surface area contributed by atoms with Gasteiger partial charge in [-0.1, -0.05) is 37.3 Å². The lowest BCUT2D eigenvalue weighted by atomic mass is 9.90. The molecular formula is C27H26N2O6. The highest BCUT2D eigenvalue weighted by atomic mass is 16.7. The van der Waals surface area contributed by atoms with Gasteiger partial charge in [0.1, 0.15) is 17.7 Å². The van der Waals surface area contributed by atoms with Crippen molar-refractivity contribution in [3.8, 4) is 17.2 Å². The van der Waals surface area contributed by atoms with E-state index in [1.807, 2.05) is 37.3 Å². The first kappa shape index (κ1) is 22.7. The number of aromatic hydroxyl groups is 1. The summed E-state index contributed by atoms with van der Waals surface area (Å²) in [5, 5.41) is 12.5. The van der Waals surface area contributed by atoms with Gasteiger partial charge in [-0.25, -0.2) is 9.96 Å². The van der Waals surface area contributed by atoms with E-state index >= 15 is 0 Å². The minimum Gasteiger partial charge on any atom is -0.504 e. The lowest BCUT2D eigenvalue weighted by molar-refractivity contribution is -0.126. The summed E-state index contributed by atoms with van der Waals surface area (Å²) in [6, 6.07) is 20.4. The number of anilines is 2. The van der Waals surface area contributed by atoms with Crippen molar-refractivity contribution in [2.45, 2.75) is 25.5 Å². The number of amides is 2. The third-order valence-electron chi connectivity index (χ3n) is 6.26. The van der Waals surface area contributed by atoms with Crippen LogP contribution in [0.3, 0.4) is 0 Å². The molecule has 2 saturated heterocycles. The van der Waals surface area contributed by atoms with E-state index in [1.54, 1.807) is 47.5 Å². The van der Waals surface area contributed by atoms with Gasteiger partial charge in [-0.2, -0.15) is 0 Å². The molecule has 2 aliphatic rings. The van der Waals surface area contributed by atoms with Gasteiger partial charge < -0.3 is 14.6 Å². The normalized spacial score (nSPS) is 21.4. The van der Waals surface area contributed by atoms with E-state index in [4.69, 9.17) is 14.3 Å². The van der Waals surface area contributed by atoms with Crippen LogP contribution < -0.4 is 19.4 Å². The molecule has 8 nitrogen and oxygen atoms in total. The Hall–Kier alpha value is -4.04. The van der Waals surface area contributed by atoms with Gasteiger partial charge in [0.2, 0.25) is 5.91 Å². The summed E-state index contributed by atoms with van der Waals surface area (Å²) in [7, 11) is 1.46. The molecule has 3 atom stereocenters. The van der Waals surface area contributed by atoms with Crippen molar-refractivity contribution in [3.63, 3.8) is 0 Å². The molecule has 2 amide bonds. The molecule has 0 saturated carbocycles. The third-order valence-corrected chi connectivity index (χ3v) is 6.26. The van der Waals surface area contributed by atoms with Crippen molar-refractivity contribution in [1.82, 2.24) is 0 Å². The summed E-state index contributed by atoms with van der Waals surface area (Å²) >= 11 is 0. The van der Waals surface area contributed by atoms with Crippen molar-refractivity contribution in [2.75, 3.05) is 23.7 Å². The molecule has 0 unspecified atom stereocenters. The molecule has 0 spiro atoms. The molecule has 180 valence electrons. The Bertz CT molecular complexity index is 1230. The van der Waals surface area contributed by atoms with Crippen LogP contribution in [0, 0.1) is 5.92 Å². The maximum absolute atomic E-state index is 13.7. The summed E-state index contributed by atoms with van der Waals surface area (Å²) in [6.45, 7) is 2.60. The maximum atomic E-state index is 13.7. The molecule has 8 heteroatoms. The molecule has 0 aromatic heterocycles. The largest absolute Gasteiger partial charge is 0.504 e. The van der Waals surface area contributed by atoms with Crippen LogP contribution in [-0.4, -0.2) is 36.7 Å². The molecule has 1 N–H and O–H groups in total. The smallest absolute Gasteiger partial charge is 0.266 e. The van der Waals surface area contributed by atoms with E-state index in [2.05, 4.69) is 0 Å². The SMILES string of the molecule is CCCOc1ccc(N2C(=O)[C@@H]3[C@H](ON(c4ccccc4)[C@H]3c3cccc(OC)c3O)C2=O)cc1. The number of ether oxygens (including phenoxy) is 2. The van der Waals surface area contributed by atoms with E-state index in [0.29, 0.717) is 29.3 Å². The van der Waals surface area contributed by atoms with E-state index in [-0.39, 0.29) is 11.5 Å². The molecule has 2 heterocycles. The number of hydrogen-bond donors (Lipinski definition) is 1. The number of imide groups is 1. The Morgan fingerprint density at radius 2 is 1.66 bits per heavy atom. The maximum Gasteiger partial charge on any atom is 0.266 e. The molecule has 2 fully saturated rings. The number of methoxy groups -OCH3 is 1. The monoisotopic (exact) mass is 474 g/mol. The number of carbonyl (C=O) groups excluding carboxylic acids is 2. The fourth-order valence-electron chi connectivity index (χ4n) is 4.64. The fraction of sp³-hybridized carbons (Fsp3) is 0.259. The molecule has 0 aliphatic carbocycles. The molecule has 3 aromatic carbocycles. The first-order valence-electron chi connectivity index (χ1n) is 11.5. The minimum absolute atomic E-state index is 0.0960. The summed E-state index contributed by atoms with van der Waals surface area (Å²) in [5.74, 6) is -0.866. The zero-order valence-corrected chi connectivity index (χ0v) is 19.5. The summed E-state index contributed by atoms with van der Waals surface area (Å²) < 4.78 is 10.9. The van der Waals surface area contributed by atoms with Crippen LogP contribution in [0.2, 0.25) is 0 Å². The molecule has 5 rings (SSSR count). The summed E-state index contributed by atoms with van der Waals surface area (Å²) in [6.07, 6.45) is -0.156. The molecule has 0 bridgehead atoms. The predicted molar refractivity (Wildman–Crippen MR) is 129 cm³/mol. The predicted octanol–water partition coefficient (Wildman–Crippen LogP) is 4.24. The Morgan fingerprint density at radius 3 is 2.34 bits per heavy atom. The minimum atomic E-state index is -1.03. The van der Waals surface area contributed by atoms with Gasteiger partial charge in [-0.15, -0.1) is 0 Å². The van der Waals surface area contributed by atoms with Crippen molar-refractivity contribution in [2.24, 2.45) is 5.92 Å². The second-order valence-electron chi connectivity index (χ2n) is 8.41. The summed E-state index contributed by atoms with van der Waals surface area (Å²) in [4.78, 5) is 34.5. The number of rotatable bonds is 7. The highest BCUT2D eigenvalue weighted by Crippen LogP contribution is 2.50. The van der Waals surface area contributed by atoms with Crippen molar-refractivity contribution < 1.29 is 29.0 Å². The number of phenolic OH excluding ortho intramolecular Hbond substituents is 1. The average Bonchev–Trinajstić information content (AvgIpc) is 3.39. The molecule has 2 aliphatic heterocycles. The van der Waals surface area contributed by atoms with E-state index in [1.165, 1.54) is 7.11 Å². The molecule has 3 aromatic rings. The third kappa shape index (κ3) is 3.85. The van der Waals surface area contributed by atoms with Crippen LogP contribution in [0.15, 0.2) is 72.8 Å².